The first-order chi connectivity index (χ1) is 13.1. The van der Waals surface area contributed by atoms with E-state index in [2.05, 4.69) is 20.5 Å². The summed E-state index contributed by atoms with van der Waals surface area (Å²) < 4.78 is 7.48. The van der Waals surface area contributed by atoms with Gasteiger partial charge in [0.2, 0.25) is 0 Å². The summed E-state index contributed by atoms with van der Waals surface area (Å²) in [7, 11) is 4.03. The molecule has 0 fully saturated rings. The summed E-state index contributed by atoms with van der Waals surface area (Å²) in [6, 6.07) is 13.2. The van der Waals surface area contributed by atoms with Crippen molar-refractivity contribution < 1.29 is 9.53 Å². The number of carbonyl (C=O) groups excluding carboxylic acids is 1. The van der Waals surface area contributed by atoms with E-state index in [1.165, 1.54) is 0 Å². The zero-order chi connectivity index (χ0) is 19.2. The van der Waals surface area contributed by atoms with Crippen molar-refractivity contribution in [2.45, 2.75) is 20.0 Å². The first-order valence-corrected chi connectivity index (χ1v) is 9.04. The van der Waals surface area contributed by atoms with Crippen molar-refractivity contribution in [3.63, 3.8) is 0 Å². The van der Waals surface area contributed by atoms with Crippen LogP contribution in [0.5, 0.6) is 5.75 Å². The first kappa shape index (κ1) is 18.8. The molecule has 1 N–H and O–H groups in total. The van der Waals surface area contributed by atoms with Gasteiger partial charge in [-0.1, -0.05) is 17.3 Å². The van der Waals surface area contributed by atoms with Crippen LogP contribution in [0.15, 0.2) is 42.5 Å². The SMILES string of the molecule is CCn1nnc2cc(C(=O)NCc3ccc(OCCN(C)C)cc3)ccc21. The molecule has 0 atom stereocenters. The second kappa shape index (κ2) is 8.64. The molecule has 0 bridgehead atoms. The molecule has 7 heteroatoms. The minimum absolute atomic E-state index is 0.130. The fourth-order valence-corrected chi connectivity index (χ4v) is 2.68. The summed E-state index contributed by atoms with van der Waals surface area (Å²) in [6.07, 6.45) is 0. The van der Waals surface area contributed by atoms with Gasteiger partial charge in [0.05, 0.1) is 5.52 Å². The number of ether oxygens (including phenoxy) is 1. The molecule has 1 heterocycles. The van der Waals surface area contributed by atoms with Gasteiger partial charge in [0, 0.05) is 25.2 Å². The maximum atomic E-state index is 12.4. The smallest absolute Gasteiger partial charge is 0.251 e. The summed E-state index contributed by atoms with van der Waals surface area (Å²) >= 11 is 0. The standard InChI is InChI=1S/C20H25N5O2/c1-4-25-19-10-7-16(13-18(19)22-23-25)20(26)21-14-15-5-8-17(9-6-15)27-12-11-24(2)3/h5-10,13H,4,11-12,14H2,1-3H3,(H,21,26). The van der Waals surface area contributed by atoms with Crippen LogP contribution in [-0.4, -0.2) is 53.0 Å². The van der Waals surface area contributed by atoms with Crippen LogP contribution in [0.2, 0.25) is 0 Å². The van der Waals surface area contributed by atoms with Crippen LogP contribution in [0.3, 0.4) is 0 Å². The Balaban J connectivity index is 1.55. The van der Waals surface area contributed by atoms with Gasteiger partial charge in [-0.15, -0.1) is 5.10 Å². The van der Waals surface area contributed by atoms with Crippen molar-refractivity contribution in [1.29, 1.82) is 0 Å². The summed E-state index contributed by atoms with van der Waals surface area (Å²) in [5, 5.41) is 11.1. The highest BCUT2D eigenvalue weighted by molar-refractivity contribution is 5.97. The Morgan fingerprint density at radius 1 is 1.19 bits per heavy atom. The third-order valence-electron chi connectivity index (χ3n) is 4.26. The molecular formula is C20H25N5O2. The lowest BCUT2D eigenvalue weighted by atomic mass is 10.1. The largest absolute Gasteiger partial charge is 0.492 e. The second-order valence-corrected chi connectivity index (χ2v) is 6.59. The molecule has 0 spiro atoms. The lowest BCUT2D eigenvalue weighted by Gasteiger charge is -2.11. The fraction of sp³-hybridized carbons (Fsp3) is 0.350. The Morgan fingerprint density at radius 3 is 2.67 bits per heavy atom. The quantitative estimate of drug-likeness (QED) is 0.662. The molecule has 27 heavy (non-hydrogen) atoms. The fourth-order valence-electron chi connectivity index (χ4n) is 2.68. The van der Waals surface area contributed by atoms with Crippen molar-refractivity contribution in [3.05, 3.63) is 53.6 Å². The first-order valence-electron chi connectivity index (χ1n) is 9.04. The van der Waals surface area contributed by atoms with E-state index >= 15 is 0 Å². The number of fused-ring (bicyclic) bond motifs is 1. The van der Waals surface area contributed by atoms with E-state index in [0.717, 1.165) is 35.4 Å². The number of aryl methyl sites for hydroxylation is 1. The number of rotatable bonds is 8. The highest BCUT2D eigenvalue weighted by Crippen LogP contribution is 2.15. The van der Waals surface area contributed by atoms with Crippen LogP contribution in [0.4, 0.5) is 0 Å². The van der Waals surface area contributed by atoms with Crippen LogP contribution in [-0.2, 0) is 13.1 Å². The predicted molar refractivity (Wildman–Crippen MR) is 105 cm³/mol. The van der Waals surface area contributed by atoms with E-state index in [1.54, 1.807) is 16.8 Å². The number of amides is 1. The average Bonchev–Trinajstić information content (AvgIpc) is 3.09. The van der Waals surface area contributed by atoms with Crippen LogP contribution in [0.1, 0.15) is 22.8 Å². The van der Waals surface area contributed by atoms with Crippen LogP contribution < -0.4 is 10.1 Å². The molecule has 0 unspecified atom stereocenters. The Morgan fingerprint density at radius 2 is 1.96 bits per heavy atom. The van der Waals surface area contributed by atoms with Gasteiger partial charge in [0.15, 0.2) is 0 Å². The lowest BCUT2D eigenvalue weighted by molar-refractivity contribution is 0.0951. The molecule has 0 radical (unpaired) electrons. The number of hydrogen-bond donors (Lipinski definition) is 1. The van der Waals surface area contributed by atoms with Gasteiger partial charge in [-0.05, 0) is 56.9 Å². The number of nitrogens with zero attached hydrogens (tertiary/aromatic N) is 4. The topological polar surface area (TPSA) is 72.3 Å². The van der Waals surface area contributed by atoms with E-state index < -0.39 is 0 Å². The molecule has 142 valence electrons. The van der Waals surface area contributed by atoms with Gasteiger partial charge in [0.25, 0.3) is 5.91 Å². The number of benzene rings is 2. The van der Waals surface area contributed by atoms with E-state index in [-0.39, 0.29) is 5.91 Å². The number of hydrogen-bond acceptors (Lipinski definition) is 5. The van der Waals surface area contributed by atoms with Crippen LogP contribution >= 0.6 is 0 Å². The molecular weight excluding hydrogens is 342 g/mol. The molecule has 0 aliphatic carbocycles. The van der Waals surface area contributed by atoms with Crippen molar-refractivity contribution in [2.24, 2.45) is 0 Å². The normalized spacial score (nSPS) is 11.1. The van der Waals surface area contributed by atoms with E-state index in [1.807, 2.05) is 51.4 Å². The van der Waals surface area contributed by atoms with Gasteiger partial charge in [-0.25, -0.2) is 4.68 Å². The van der Waals surface area contributed by atoms with E-state index in [0.29, 0.717) is 18.7 Å². The maximum Gasteiger partial charge on any atom is 0.251 e. The van der Waals surface area contributed by atoms with Crippen molar-refractivity contribution in [3.8, 4) is 5.75 Å². The van der Waals surface area contributed by atoms with Gasteiger partial charge >= 0.3 is 0 Å². The molecule has 2 aromatic carbocycles. The predicted octanol–water partition coefficient (Wildman–Crippen LogP) is 2.32. The maximum absolute atomic E-state index is 12.4. The molecule has 0 aliphatic heterocycles. The Kier molecular flexibility index (Phi) is 6.03. The molecule has 0 aliphatic rings. The zero-order valence-electron chi connectivity index (χ0n) is 16.0. The van der Waals surface area contributed by atoms with Gasteiger partial charge in [-0.3, -0.25) is 4.79 Å². The molecule has 3 aromatic rings. The van der Waals surface area contributed by atoms with E-state index in [4.69, 9.17) is 4.74 Å². The molecule has 0 saturated heterocycles. The van der Waals surface area contributed by atoms with Crippen molar-refractivity contribution in [2.75, 3.05) is 27.2 Å². The summed E-state index contributed by atoms with van der Waals surface area (Å²) in [5.74, 6) is 0.700. The zero-order valence-corrected chi connectivity index (χ0v) is 16.0. The number of likely N-dealkylation sites (N-methyl/N-ethyl adjacent to an activating group) is 1. The van der Waals surface area contributed by atoms with E-state index in [9.17, 15) is 4.79 Å². The monoisotopic (exact) mass is 367 g/mol. The average molecular weight is 367 g/mol. The summed E-state index contributed by atoms with van der Waals surface area (Å²) in [4.78, 5) is 14.5. The lowest BCUT2D eigenvalue weighted by Crippen LogP contribution is -2.22. The molecule has 1 amide bonds. The number of aromatic nitrogens is 3. The Bertz CT molecular complexity index is 902. The molecule has 3 rings (SSSR count). The summed E-state index contributed by atoms with van der Waals surface area (Å²) in [5.41, 5.74) is 3.25. The Labute approximate surface area is 158 Å². The number of nitrogens with one attached hydrogen (secondary N) is 1. The second-order valence-electron chi connectivity index (χ2n) is 6.59. The van der Waals surface area contributed by atoms with Crippen LogP contribution in [0, 0.1) is 0 Å². The molecule has 1 aromatic heterocycles. The number of carbonyl (C=O) groups is 1. The van der Waals surface area contributed by atoms with Gasteiger partial charge in [-0.2, -0.15) is 0 Å². The third-order valence-corrected chi connectivity index (χ3v) is 4.26. The minimum atomic E-state index is -0.130. The molecule has 0 saturated carbocycles. The Hall–Kier alpha value is -2.93. The van der Waals surface area contributed by atoms with Gasteiger partial charge < -0.3 is 15.0 Å². The van der Waals surface area contributed by atoms with Crippen molar-refractivity contribution in [1.82, 2.24) is 25.2 Å². The van der Waals surface area contributed by atoms with Crippen LogP contribution in [0.25, 0.3) is 11.0 Å². The van der Waals surface area contributed by atoms with Crippen molar-refractivity contribution >= 4 is 16.9 Å². The summed E-state index contributed by atoms with van der Waals surface area (Å²) in [6.45, 7) is 4.73. The minimum Gasteiger partial charge on any atom is -0.492 e. The highest BCUT2D eigenvalue weighted by Gasteiger charge is 2.09. The highest BCUT2D eigenvalue weighted by atomic mass is 16.5. The molecule has 7 nitrogen and oxygen atoms in total. The third kappa shape index (κ3) is 4.83. The van der Waals surface area contributed by atoms with Gasteiger partial charge in [0.1, 0.15) is 17.9 Å².